The van der Waals surface area contributed by atoms with Crippen LogP contribution >= 0.6 is 11.8 Å². The molecular formula is C24H27NO6S. The van der Waals surface area contributed by atoms with Crippen molar-refractivity contribution in [1.82, 2.24) is 4.98 Å². The quantitative estimate of drug-likeness (QED) is 0.314. The Hall–Kier alpha value is -2.94. The third-order valence-electron chi connectivity index (χ3n) is 5.02. The third kappa shape index (κ3) is 4.93. The van der Waals surface area contributed by atoms with Crippen LogP contribution in [0.5, 0.6) is 17.2 Å². The Balaban J connectivity index is 2.09. The molecule has 0 aliphatic rings. The number of benzene rings is 2. The van der Waals surface area contributed by atoms with Gasteiger partial charge in [-0.3, -0.25) is 4.79 Å². The highest BCUT2D eigenvalue weighted by atomic mass is 32.2. The molecule has 0 bridgehead atoms. The zero-order chi connectivity index (χ0) is 23.3. The van der Waals surface area contributed by atoms with Gasteiger partial charge in [-0.05, 0) is 36.8 Å². The van der Waals surface area contributed by atoms with Gasteiger partial charge < -0.3 is 29.4 Å². The van der Waals surface area contributed by atoms with E-state index < -0.39 is 6.10 Å². The summed E-state index contributed by atoms with van der Waals surface area (Å²) in [5, 5.41) is 20.1. The molecule has 2 aromatic carbocycles. The number of allylic oxidation sites excluding steroid dienone is 1. The van der Waals surface area contributed by atoms with Crippen molar-refractivity contribution in [3.8, 4) is 17.2 Å². The summed E-state index contributed by atoms with van der Waals surface area (Å²) in [6, 6.07) is 9.15. The molecule has 0 spiro atoms. The number of aromatic nitrogens is 1. The Labute approximate surface area is 191 Å². The zero-order valence-corrected chi connectivity index (χ0v) is 19.3. The molecule has 3 N–H and O–H groups in total. The third-order valence-corrected chi connectivity index (χ3v) is 6.19. The maximum atomic E-state index is 13.5. The topological polar surface area (TPSA) is 101 Å². The summed E-state index contributed by atoms with van der Waals surface area (Å²) in [4.78, 5) is 17.2. The SMILES string of the molecule is COc1cc(C(=O)C(=Cc2c[nH]c3cccc(C)c23)SCC(O)CO)cc(OC)c1OC. The van der Waals surface area contributed by atoms with Crippen LogP contribution in [0.4, 0.5) is 0 Å². The lowest BCUT2D eigenvalue weighted by atomic mass is 10.0. The molecule has 8 heteroatoms. The van der Waals surface area contributed by atoms with Gasteiger partial charge in [0.25, 0.3) is 0 Å². The van der Waals surface area contributed by atoms with E-state index in [1.807, 2.05) is 31.3 Å². The summed E-state index contributed by atoms with van der Waals surface area (Å²) < 4.78 is 16.1. The lowest BCUT2D eigenvalue weighted by molar-refractivity contribution is 0.104. The Bertz CT molecular complexity index is 1110. The molecule has 0 saturated carbocycles. The van der Waals surface area contributed by atoms with Crippen molar-refractivity contribution < 1.29 is 29.2 Å². The first-order valence-corrected chi connectivity index (χ1v) is 11.0. The van der Waals surface area contributed by atoms with Crippen molar-refractivity contribution in [2.75, 3.05) is 33.7 Å². The fraction of sp³-hybridized carbons (Fsp3) is 0.292. The summed E-state index contributed by atoms with van der Waals surface area (Å²) in [6.45, 7) is 1.63. The number of methoxy groups -OCH3 is 3. The number of fused-ring (bicyclic) bond motifs is 1. The minimum Gasteiger partial charge on any atom is -0.493 e. The number of aryl methyl sites for hydroxylation is 1. The molecule has 0 radical (unpaired) electrons. The largest absolute Gasteiger partial charge is 0.493 e. The van der Waals surface area contributed by atoms with Gasteiger partial charge in [-0.25, -0.2) is 0 Å². The number of carbonyl (C=O) groups excluding carboxylic acids is 1. The minimum atomic E-state index is -0.944. The van der Waals surface area contributed by atoms with E-state index in [2.05, 4.69) is 4.98 Å². The van der Waals surface area contributed by atoms with E-state index in [1.54, 1.807) is 18.2 Å². The number of carbonyl (C=O) groups is 1. The molecule has 0 fully saturated rings. The van der Waals surface area contributed by atoms with Gasteiger partial charge in [0.2, 0.25) is 5.75 Å². The first-order chi connectivity index (χ1) is 15.4. The highest BCUT2D eigenvalue weighted by molar-refractivity contribution is 8.04. The number of hydrogen-bond donors (Lipinski definition) is 3. The fourth-order valence-corrected chi connectivity index (χ4v) is 4.36. The average molecular weight is 458 g/mol. The number of thioether (sulfide) groups is 1. The number of aliphatic hydroxyl groups is 2. The van der Waals surface area contributed by atoms with Gasteiger partial charge in [0.15, 0.2) is 17.3 Å². The Kier molecular flexibility index (Phi) is 7.84. The number of rotatable bonds is 10. The molecule has 1 heterocycles. The molecule has 3 aromatic rings. The molecule has 1 unspecified atom stereocenters. The van der Waals surface area contributed by atoms with Gasteiger partial charge in [-0.2, -0.15) is 0 Å². The van der Waals surface area contributed by atoms with Gasteiger partial charge in [-0.15, -0.1) is 11.8 Å². The molecule has 0 amide bonds. The molecule has 7 nitrogen and oxygen atoms in total. The van der Waals surface area contributed by atoms with E-state index >= 15 is 0 Å². The molecule has 1 atom stereocenters. The zero-order valence-electron chi connectivity index (χ0n) is 18.5. The van der Waals surface area contributed by atoms with Crippen molar-refractivity contribution in [2.45, 2.75) is 13.0 Å². The lowest BCUT2D eigenvalue weighted by Gasteiger charge is -2.15. The van der Waals surface area contributed by atoms with Crippen molar-refractivity contribution in [2.24, 2.45) is 0 Å². The van der Waals surface area contributed by atoms with E-state index in [4.69, 9.17) is 14.2 Å². The predicted octanol–water partition coefficient (Wildman–Crippen LogP) is 3.81. The molecule has 170 valence electrons. The van der Waals surface area contributed by atoms with Gasteiger partial charge >= 0.3 is 0 Å². The normalized spacial score (nSPS) is 12.6. The van der Waals surface area contributed by atoms with Crippen molar-refractivity contribution in [3.63, 3.8) is 0 Å². The number of aromatic amines is 1. The van der Waals surface area contributed by atoms with Gasteiger partial charge in [0.1, 0.15) is 0 Å². The second-order valence-electron chi connectivity index (χ2n) is 7.14. The molecule has 0 aliphatic heterocycles. The molecular weight excluding hydrogens is 430 g/mol. The number of H-pyrrole nitrogens is 1. The van der Waals surface area contributed by atoms with E-state index in [0.29, 0.717) is 27.7 Å². The summed E-state index contributed by atoms with van der Waals surface area (Å²) in [6.07, 6.45) is 2.70. The summed E-state index contributed by atoms with van der Waals surface area (Å²) in [5.74, 6) is 1.05. The monoisotopic (exact) mass is 457 g/mol. The summed E-state index contributed by atoms with van der Waals surface area (Å²) in [5.41, 5.74) is 3.26. The first kappa shape index (κ1) is 23.7. The lowest BCUT2D eigenvalue weighted by Crippen LogP contribution is -2.16. The molecule has 32 heavy (non-hydrogen) atoms. The molecule has 0 saturated heterocycles. The Morgan fingerprint density at radius 1 is 1.16 bits per heavy atom. The van der Waals surface area contributed by atoms with Crippen LogP contribution in [0.3, 0.4) is 0 Å². The highest BCUT2D eigenvalue weighted by Crippen LogP contribution is 2.39. The van der Waals surface area contributed by atoms with E-state index in [1.165, 1.54) is 33.1 Å². The van der Waals surface area contributed by atoms with Crippen LogP contribution in [0.15, 0.2) is 41.4 Å². The standard InChI is InChI=1S/C24H27NO6S/c1-14-6-5-7-18-22(14)16(11-25-18)10-21(32-13-17(27)12-26)23(28)15-8-19(29-2)24(31-4)20(9-15)30-3/h5-11,17,25-27H,12-13H2,1-4H3. The average Bonchev–Trinajstić information content (AvgIpc) is 3.23. The highest BCUT2D eigenvalue weighted by Gasteiger charge is 2.21. The molecule has 1 aromatic heterocycles. The maximum Gasteiger partial charge on any atom is 0.203 e. The maximum absolute atomic E-state index is 13.5. The predicted molar refractivity (Wildman–Crippen MR) is 127 cm³/mol. The minimum absolute atomic E-state index is 0.167. The number of aliphatic hydroxyl groups excluding tert-OH is 2. The number of ether oxygens (including phenoxy) is 3. The van der Waals surface area contributed by atoms with E-state index in [-0.39, 0.29) is 18.1 Å². The number of ketones is 1. The van der Waals surface area contributed by atoms with Gasteiger partial charge in [0, 0.05) is 34.0 Å². The van der Waals surface area contributed by atoms with Crippen LogP contribution in [-0.2, 0) is 0 Å². The second-order valence-corrected chi connectivity index (χ2v) is 8.20. The van der Waals surface area contributed by atoms with E-state index in [0.717, 1.165) is 22.0 Å². The van der Waals surface area contributed by atoms with Crippen LogP contribution in [0, 0.1) is 6.92 Å². The van der Waals surface area contributed by atoms with Crippen molar-refractivity contribution >= 4 is 34.5 Å². The number of Topliss-reactive ketones (excluding diaryl/α,β-unsaturated/α-hetero) is 1. The summed E-state index contributed by atoms with van der Waals surface area (Å²) >= 11 is 1.18. The number of nitrogens with one attached hydrogen (secondary N) is 1. The van der Waals surface area contributed by atoms with Gasteiger partial charge in [0.05, 0.1) is 38.9 Å². The Morgan fingerprint density at radius 2 is 1.84 bits per heavy atom. The van der Waals surface area contributed by atoms with Crippen LogP contribution in [-0.4, -0.2) is 60.8 Å². The summed E-state index contributed by atoms with van der Waals surface area (Å²) in [7, 11) is 4.48. The van der Waals surface area contributed by atoms with Crippen molar-refractivity contribution in [1.29, 1.82) is 0 Å². The van der Waals surface area contributed by atoms with Crippen LogP contribution in [0.1, 0.15) is 21.5 Å². The number of hydrogen-bond acceptors (Lipinski definition) is 7. The fourth-order valence-electron chi connectivity index (χ4n) is 3.42. The van der Waals surface area contributed by atoms with Crippen LogP contribution < -0.4 is 14.2 Å². The van der Waals surface area contributed by atoms with Crippen molar-refractivity contribution in [3.05, 3.63) is 58.1 Å². The molecule has 3 rings (SSSR count). The van der Waals surface area contributed by atoms with Gasteiger partial charge in [-0.1, -0.05) is 12.1 Å². The Morgan fingerprint density at radius 3 is 2.44 bits per heavy atom. The van der Waals surface area contributed by atoms with Crippen LogP contribution in [0.25, 0.3) is 17.0 Å². The second kappa shape index (κ2) is 10.6. The van der Waals surface area contributed by atoms with Crippen LogP contribution in [0.2, 0.25) is 0 Å². The smallest absolute Gasteiger partial charge is 0.203 e. The first-order valence-electron chi connectivity index (χ1n) is 9.98. The molecule has 0 aliphatic carbocycles. The van der Waals surface area contributed by atoms with E-state index in [9.17, 15) is 15.0 Å².